The zero-order chi connectivity index (χ0) is 32.4. The SMILES string of the molecule is COc1cc(-c2nnc(SCC(=O)Nc3ncc4c(n3)CC(c3cccs3)CC4=O)n2-c2ccc(C)cc2C)cc(OC)c1OC. The van der Waals surface area contributed by atoms with Crippen LogP contribution in [0.4, 0.5) is 5.95 Å². The average Bonchev–Trinajstić information content (AvgIpc) is 3.74. The zero-order valence-electron chi connectivity index (χ0n) is 26.0. The molecule has 3 aromatic heterocycles. The second kappa shape index (κ2) is 13.3. The fourth-order valence-electron chi connectivity index (χ4n) is 5.55. The molecule has 46 heavy (non-hydrogen) atoms. The lowest BCUT2D eigenvalue weighted by Gasteiger charge is -2.22. The summed E-state index contributed by atoms with van der Waals surface area (Å²) in [6, 6.07) is 13.8. The van der Waals surface area contributed by atoms with Crippen LogP contribution in [0, 0.1) is 13.8 Å². The van der Waals surface area contributed by atoms with E-state index in [4.69, 9.17) is 14.2 Å². The van der Waals surface area contributed by atoms with Gasteiger partial charge in [0, 0.05) is 29.0 Å². The van der Waals surface area contributed by atoms with E-state index in [1.807, 2.05) is 60.2 Å². The van der Waals surface area contributed by atoms with Gasteiger partial charge in [0.25, 0.3) is 0 Å². The number of nitrogens with zero attached hydrogens (tertiary/aromatic N) is 5. The Morgan fingerprint density at radius 3 is 2.50 bits per heavy atom. The van der Waals surface area contributed by atoms with Crippen LogP contribution >= 0.6 is 23.1 Å². The second-order valence-electron chi connectivity index (χ2n) is 10.8. The highest BCUT2D eigenvalue weighted by atomic mass is 32.2. The number of hydrogen-bond donors (Lipinski definition) is 1. The van der Waals surface area contributed by atoms with E-state index in [0.717, 1.165) is 21.7 Å². The number of aryl methyl sites for hydroxylation is 2. The van der Waals surface area contributed by atoms with E-state index in [0.29, 0.717) is 57.9 Å². The minimum Gasteiger partial charge on any atom is -0.493 e. The molecule has 1 amide bonds. The molecule has 6 rings (SSSR count). The maximum atomic E-state index is 13.2. The lowest BCUT2D eigenvalue weighted by Crippen LogP contribution is -2.22. The number of benzene rings is 2. The summed E-state index contributed by atoms with van der Waals surface area (Å²) in [6.45, 7) is 4.05. The number of aromatic nitrogens is 5. The molecule has 13 heteroatoms. The Morgan fingerprint density at radius 1 is 1.04 bits per heavy atom. The van der Waals surface area contributed by atoms with Gasteiger partial charge >= 0.3 is 0 Å². The molecule has 0 spiro atoms. The monoisotopic (exact) mass is 656 g/mol. The third kappa shape index (κ3) is 6.20. The minimum atomic E-state index is -0.314. The van der Waals surface area contributed by atoms with Gasteiger partial charge in [0.15, 0.2) is 28.3 Å². The minimum absolute atomic E-state index is 0.0155. The maximum Gasteiger partial charge on any atom is 0.237 e. The zero-order valence-corrected chi connectivity index (χ0v) is 27.6. The standard InChI is InChI=1S/C33H32N6O5S2/c1-18-8-9-24(19(2)11-18)39-31(21-14-26(42-3)30(44-5)27(15-21)43-4)37-38-33(39)46-17-29(41)36-32-34-16-22-23(35-32)12-20(13-25(22)40)28-7-6-10-45-28/h6-11,14-16,20H,12-13,17H2,1-5H3,(H,34,35,36,41). The van der Waals surface area contributed by atoms with Crippen LogP contribution in [-0.4, -0.2) is 63.5 Å². The van der Waals surface area contributed by atoms with E-state index in [1.165, 1.54) is 18.0 Å². The van der Waals surface area contributed by atoms with E-state index in [9.17, 15) is 9.59 Å². The van der Waals surface area contributed by atoms with Crippen molar-refractivity contribution in [3.63, 3.8) is 0 Å². The van der Waals surface area contributed by atoms with Crippen LogP contribution in [0.15, 0.2) is 59.2 Å². The van der Waals surface area contributed by atoms with E-state index >= 15 is 0 Å². The van der Waals surface area contributed by atoms with Crippen LogP contribution < -0.4 is 19.5 Å². The number of carbonyl (C=O) groups is 2. The first-order valence-corrected chi connectivity index (χ1v) is 16.3. The van der Waals surface area contributed by atoms with Crippen LogP contribution in [-0.2, 0) is 11.2 Å². The number of thioether (sulfide) groups is 1. The van der Waals surface area contributed by atoms with Crippen molar-refractivity contribution in [3.05, 3.63) is 81.3 Å². The van der Waals surface area contributed by atoms with Crippen LogP contribution in [0.3, 0.4) is 0 Å². The van der Waals surface area contributed by atoms with E-state index < -0.39 is 0 Å². The van der Waals surface area contributed by atoms with Gasteiger partial charge in [0.2, 0.25) is 17.6 Å². The molecule has 0 aliphatic heterocycles. The molecule has 0 fully saturated rings. The highest BCUT2D eigenvalue weighted by molar-refractivity contribution is 7.99. The molecular formula is C33H32N6O5S2. The number of anilines is 1. The molecule has 0 bridgehead atoms. The molecule has 0 radical (unpaired) electrons. The smallest absolute Gasteiger partial charge is 0.237 e. The molecule has 0 saturated carbocycles. The topological polar surface area (TPSA) is 130 Å². The first kappa shape index (κ1) is 31.2. The molecule has 5 aromatic rings. The molecule has 0 saturated heterocycles. The molecule has 1 atom stereocenters. The van der Waals surface area contributed by atoms with E-state index in [-0.39, 0.29) is 29.3 Å². The first-order valence-electron chi connectivity index (χ1n) is 14.5. The van der Waals surface area contributed by atoms with Crippen LogP contribution in [0.25, 0.3) is 17.1 Å². The Balaban J connectivity index is 1.26. The first-order chi connectivity index (χ1) is 22.3. The van der Waals surface area contributed by atoms with Gasteiger partial charge in [-0.05, 0) is 55.5 Å². The molecule has 236 valence electrons. The van der Waals surface area contributed by atoms with Crippen molar-refractivity contribution >= 4 is 40.7 Å². The number of Topliss-reactive ketones (excluding diaryl/α,β-unsaturated/α-hetero) is 1. The summed E-state index contributed by atoms with van der Waals surface area (Å²) in [5.74, 6) is 1.93. The molecule has 1 aliphatic carbocycles. The molecule has 1 N–H and O–H groups in total. The summed E-state index contributed by atoms with van der Waals surface area (Å²) in [4.78, 5) is 35.9. The summed E-state index contributed by atoms with van der Waals surface area (Å²) >= 11 is 2.87. The van der Waals surface area contributed by atoms with Gasteiger partial charge in [0.05, 0.1) is 44.0 Å². The van der Waals surface area contributed by atoms with Crippen LogP contribution in [0.1, 0.15) is 44.4 Å². The Labute approximate surface area is 274 Å². The Bertz CT molecular complexity index is 1900. The number of nitrogens with one attached hydrogen (secondary N) is 1. The fraction of sp³-hybridized carbons (Fsp3) is 0.273. The predicted molar refractivity (Wildman–Crippen MR) is 177 cm³/mol. The number of hydrogen-bond acceptors (Lipinski definition) is 11. The van der Waals surface area contributed by atoms with Gasteiger partial charge in [-0.1, -0.05) is 35.5 Å². The average molecular weight is 657 g/mol. The normalized spacial score (nSPS) is 14.1. The van der Waals surface area contributed by atoms with Crippen molar-refractivity contribution in [3.8, 4) is 34.3 Å². The maximum absolute atomic E-state index is 13.2. The lowest BCUT2D eigenvalue weighted by atomic mass is 9.86. The van der Waals surface area contributed by atoms with Gasteiger partial charge < -0.3 is 14.2 Å². The number of ether oxygens (including phenoxy) is 3. The predicted octanol–water partition coefficient (Wildman–Crippen LogP) is 6.07. The van der Waals surface area contributed by atoms with Gasteiger partial charge in [-0.2, -0.15) is 0 Å². The summed E-state index contributed by atoms with van der Waals surface area (Å²) < 4.78 is 18.6. The van der Waals surface area contributed by atoms with Gasteiger partial charge in [0.1, 0.15) is 0 Å². The third-order valence-electron chi connectivity index (χ3n) is 7.72. The van der Waals surface area contributed by atoms with Gasteiger partial charge in [-0.15, -0.1) is 21.5 Å². The third-order valence-corrected chi connectivity index (χ3v) is 9.68. The summed E-state index contributed by atoms with van der Waals surface area (Å²) in [6.07, 6.45) is 2.56. The largest absolute Gasteiger partial charge is 0.493 e. The van der Waals surface area contributed by atoms with Crippen molar-refractivity contribution in [2.45, 2.75) is 37.8 Å². The van der Waals surface area contributed by atoms with Crippen molar-refractivity contribution in [1.82, 2.24) is 24.7 Å². The molecule has 1 aliphatic rings. The summed E-state index contributed by atoms with van der Waals surface area (Å²) in [7, 11) is 4.67. The molecule has 11 nitrogen and oxygen atoms in total. The van der Waals surface area contributed by atoms with Gasteiger partial charge in [-0.3, -0.25) is 19.5 Å². The quantitative estimate of drug-likeness (QED) is 0.177. The number of amides is 1. The summed E-state index contributed by atoms with van der Waals surface area (Å²) in [5.41, 5.74) is 4.85. The van der Waals surface area contributed by atoms with Crippen molar-refractivity contribution < 1.29 is 23.8 Å². The highest BCUT2D eigenvalue weighted by Crippen LogP contribution is 2.42. The Kier molecular flexibility index (Phi) is 9.04. The van der Waals surface area contributed by atoms with E-state index in [2.05, 4.69) is 31.5 Å². The molecule has 3 heterocycles. The number of fused-ring (bicyclic) bond motifs is 1. The Morgan fingerprint density at radius 2 is 1.83 bits per heavy atom. The fourth-order valence-corrected chi connectivity index (χ4v) is 7.13. The van der Waals surface area contributed by atoms with E-state index in [1.54, 1.807) is 32.7 Å². The molecule has 1 unspecified atom stereocenters. The van der Waals surface area contributed by atoms with Crippen LogP contribution in [0.2, 0.25) is 0 Å². The van der Waals surface area contributed by atoms with Crippen LogP contribution in [0.5, 0.6) is 17.2 Å². The van der Waals surface area contributed by atoms with Crippen molar-refractivity contribution in [2.75, 3.05) is 32.4 Å². The number of methoxy groups -OCH3 is 3. The Hall–Kier alpha value is -4.75. The lowest BCUT2D eigenvalue weighted by molar-refractivity contribution is -0.113. The number of ketones is 1. The number of rotatable bonds is 10. The number of carbonyl (C=O) groups excluding carboxylic acids is 2. The number of thiophene rings is 1. The van der Waals surface area contributed by atoms with Crippen molar-refractivity contribution in [1.29, 1.82) is 0 Å². The molecule has 2 aromatic carbocycles. The second-order valence-corrected chi connectivity index (χ2v) is 12.7. The molecular weight excluding hydrogens is 625 g/mol. The highest BCUT2D eigenvalue weighted by Gasteiger charge is 2.29. The van der Waals surface area contributed by atoms with Gasteiger partial charge in [-0.25, -0.2) is 9.97 Å². The summed E-state index contributed by atoms with van der Waals surface area (Å²) in [5, 5.41) is 14.3. The van der Waals surface area contributed by atoms with Crippen molar-refractivity contribution in [2.24, 2.45) is 0 Å².